The van der Waals surface area contributed by atoms with Crippen LogP contribution in [0.15, 0.2) is 16.5 Å². The minimum Gasteiger partial charge on any atom is -0.464 e. The molecule has 0 aliphatic heterocycles. The molecule has 1 amide bonds. The topological polar surface area (TPSA) is 68.7 Å². The largest absolute Gasteiger partial charge is 0.464 e. The minimum atomic E-state index is -0.359. The van der Waals surface area contributed by atoms with Crippen molar-refractivity contribution in [3.8, 4) is 0 Å². The van der Waals surface area contributed by atoms with Crippen molar-refractivity contribution >= 4 is 6.09 Å². The van der Waals surface area contributed by atoms with Gasteiger partial charge in [-0.05, 0) is 26.0 Å². The summed E-state index contributed by atoms with van der Waals surface area (Å²) < 4.78 is 10.3. The molecule has 0 saturated heterocycles. The Hall–Kier alpha value is -1.49. The molecule has 1 aromatic heterocycles. The number of nitrogens with two attached hydrogens (primary N) is 1. The van der Waals surface area contributed by atoms with Crippen LogP contribution in [0, 0.1) is 6.92 Å². The monoisotopic (exact) mass is 226 g/mol. The molecule has 5 nitrogen and oxygen atoms in total. The summed E-state index contributed by atoms with van der Waals surface area (Å²) >= 11 is 0. The van der Waals surface area contributed by atoms with Crippen molar-refractivity contribution in [1.29, 1.82) is 0 Å². The first-order valence-electron chi connectivity index (χ1n) is 5.34. The van der Waals surface area contributed by atoms with E-state index in [2.05, 4.69) is 0 Å². The maximum Gasteiger partial charge on any atom is 0.410 e. The van der Waals surface area contributed by atoms with Gasteiger partial charge in [0.25, 0.3) is 0 Å². The van der Waals surface area contributed by atoms with Gasteiger partial charge in [-0.2, -0.15) is 0 Å². The first-order valence-corrected chi connectivity index (χ1v) is 5.34. The number of nitrogens with zero attached hydrogens (tertiary/aromatic N) is 1. The molecule has 5 heteroatoms. The number of hydrogen-bond acceptors (Lipinski definition) is 4. The summed E-state index contributed by atoms with van der Waals surface area (Å²) in [6.45, 7) is 5.24. The van der Waals surface area contributed by atoms with Crippen LogP contribution in [0.3, 0.4) is 0 Å². The third-order valence-corrected chi connectivity index (χ3v) is 2.07. The van der Waals surface area contributed by atoms with E-state index in [1.165, 1.54) is 4.90 Å². The van der Waals surface area contributed by atoms with Crippen molar-refractivity contribution in [2.45, 2.75) is 20.4 Å². The van der Waals surface area contributed by atoms with Crippen molar-refractivity contribution in [2.24, 2.45) is 5.73 Å². The lowest BCUT2D eigenvalue weighted by atomic mass is 10.4. The van der Waals surface area contributed by atoms with Gasteiger partial charge in [0.15, 0.2) is 0 Å². The lowest BCUT2D eigenvalue weighted by Crippen LogP contribution is -2.35. The lowest BCUT2D eigenvalue weighted by molar-refractivity contribution is 0.103. The van der Waals surface area contributed by atoms with Crippen LogP contribution in [-0.2, 0) is 11.3 Å². The average Bonchev–Trinajstić information content (AvgIpc) is 2.64. The fourth-order valence-corrected chi connectivity index (χ4v) is 1.36. The second kappa shape index (κ2) is 6.17. The van der Waals surface area contributed by atoms with E-state index in [0.29, 0.717) is 26.2 Å². The van der Waals surface area contributed by atoms with E-state index >= 15 is 0 Å². The zero-order valence-corrected chi connectivity index (χ0v) is 9.73. The van der Waals surface area contributed by atoms with Gasteiger partial charge in [0.2, 0.25) is 0 Å². The van der Waals surface area contributed by atoms with Crippen LogP contribution in [0.25, 0.3) is 0 Å². The Morgan fingerprint density at radius 2 is 2.31 bits per heavy atom. The second-order valence-corrected chi connectivity index (χ2v) is 3.42. The number of carbonyl (C=O) groups excluding carboxylic acids is 1. The predicted molar refractivity (Wildman–Crippen MR) is 59.9 cm³/mol. The summed E-state index contributed by atoms with van der Waals surface area (Å²) in [7, 11) is 0. The number of aryl methyl sites for hydroxylation is 1. The first-order chi connectivity index (χ1) is 7.67. The average molecular weight is 226 g/mol. The third-order valence-electron chi connectivity index (χ3n) is 2.07. The zero-order valence-electron chi connectivity index (χ0n) is 9.73. The van der Waals surface area contributed by atoms with Gasteiger partial charge >= 0.3 is 6.09 Å². The Labute approximate surface area is 95.2 Å². The molecular weight excluding hydrogens is 208 g/mol. The summed E-state index contributed by atoms with van der Waals surface area (Å²) in [6.07, 6.45) is -0.359. The molecule has 16 heavy (non-hydrogen) atoms. The lowest BCUT2D eigenvalue weighted by Gasteiger charge is -2.19. The predicted octanol–water partition coefficient (Wildman–Crippen LogP) is 1.51. The molecule has 0 aliphatic carbocycles. The van der Waals surface area contributed by atoms with Crippen molar-refractivity contribution in [3.05, 3.63) is 23.7 Å². The van der Waals surface area contributed by atoms with Gasteiger partial charge in [-0.15, -0.1) is 0 Å². The van der Waals surface area contributed by atoms with E-state index in [4.69, 9.17) is 14.9 Å². The number of amides is 1. The zero-order chi connectivity index (χ0) is 12.0. The smallest absolute Gasteiger partial charge is 0.410 e. The molecule has 0 aliphatic rings. The van der Waals surface area contributed by atoms with Crippen LogP contribution in [-0.4, -0.2) is 30.7 Å². The Kier molecular flexibility index (Phi) is 4.85. The Morgan fingerprint density at radius 1 is 1.56 bits per heavy atom. The maximum absolute atomic E-state index is 11.6. The highest BCUT2D eigenvalue weighted by Gasteiger charge is 2.15. The van der Waals surface area contributed by atoms with Crippen molar-refractivity contribution in [1.82, 2.24) is 4.90 Å². The Morgan fingerprint density at radius 3 is 2.81 bits per heavy atom. The summed E-state index contributed by atoms with van der Waals surface area (Å²) in [5.74, 6) is 1.56. The van der Waals surface area contributed by atoms with E-state index < -0.39 is 0 Å². The molecule has 2 N–H and O–H groups in total. The number of ether oxygens (including phenoxy) is 1. The molecule has 1 rings (SSSR count). The van der Waals surface area contributed by atoms with Crippen molar-refractivity contribution in [2.75, 3.05) is 19.7 Å². The van der Waals surface area contributed by atoms with Gasteiger partial charge in [-0.25, -0.2) is 4.79 Å². The highest BCUT2D eigenvalue weighted by molar-refractivity contribution is 5.67. The molecule has 0 fully saturated rings. The van der Waals surface area contributed by atoms with E-state index in [9.17, 15) is 4.79 Å². The molecular formula is C11H18N2O3. The van der Waals surface area contributed by atoms with Gasteiger partial charge in [-0.3, -0.25) is 4.90 Å². The molecule has 90 valence electrons. The van der Waals surface area contributed by atoms with Gasteiger partial charge < -0.3 is 14.9 Å². The van der Waals surface area contributed by atoms with Gasteiger partial charge in [0.05, 0.1) is 13.2 Å². The highest BCUT2D eigenvalue weighted by atomic mass is 16.6. The van der Waals surface area contributed by atoms with Crippen molar-refractivity contribution < 1.29 is 13.9 Å². The third kappa shape index (κ3) is 3.58. The van der Waals surface area contributed by atoms with E-state index in [-0.39, 0.29) is 6.09 Å². The van der Waals surface area contributed by atoms with E-state index in [1.807, 2.05) is 19.1 Å². The van der Waals surface area contributed by atoms with Gasteiger partial charge in [0, 0.05) is 13.1 Å². The molecule has 0 radical (unpaired) electrons. The normalized spacial score (nSPS) is 10.2. The molecule has 1 heterocycles. The SMILES string of the molecule is CCOC(=O)N(CCN)Cc1ccc(C)o1. The number of hydrogen-bond donors (Lipinski definition) is 1. The van der Waals surface area contributed by atoms with Crippen LogP contribution in [0.5, 0.6) is 0 Å². The highest BCUT2D eigenvalue weighted by Crippen LogP contribution is 2.10. The molecule has 0 aromatic carbocycles. The fraction of sp³-hybridized carbons (Fsp3) is 0.545. The summed E-state index contributed by atoms with van der Waals surface area (Å²) in [5.41, 5.74) is 5.44. The fourth-order valence-electron chi connectivity index (χ4n) is 1.36. The number of furan rings is 1. The molecule has 1 aromatic rings. The van der Waals surface area contributed by atoms with Crippen LogP contribution >= 0.6 is 0 Å². The molecule has 0 spiro atoms. The van der Waals surface area contributed by atoms with Crippen LogP contribution in [0.1, 0.15) is 18.4 Å². The number of carbonyl (C=O) groups is 1. The number of rotatable bonds is 5. The van der Waals surface area contributed by atoms with Gasteiger partial charge in [-0.1, -0.05) is 0 Å². The van der Waals surface area contributed by atoms with Crippen LogP contribution < -0.4 is 5.73 Å². The molecule has 0 unspecified atom stereocenters. The van der Waals surface area contributed by atoms with Gasteiger partial charge in [0.1, 0.15) is 11.5 Å². The first kappa shape index (κ1) is 12.6. The minimum absolute atomic E-state index is 0.358. The summed E-state index contributed by atoms with van der Waals surface area (Å²) in [4.78, 5) is 13.1. The standard InChI is InChI=1S/C11H18N2O3/c1-3-15-11(14)13(7-6-12)8-10-5-4-9(2)16-10/h4-5H,3,6-8,12H2,1-2H3. The summed E-state index contributed by atoms with van der Waals surface area (Å²) in [6, 6.07) is 3.71. The van der Waals surface area contributed by atoms with E-state index in [0.717, 1.165) is 11.5 Å². The van der Waals surface area contributed by atoms with Crippen LogP contribution in [0.4, 0.5) is 4.79 Å². The maximum atomic E-state index is 11.6. The van der Waals surface area contributed by atoms with Crippen molar-refractivity contribution in [3.63, 3.8) is 0 Å². The molecule has 0 saturated carbocycles. The van der Waals surface area contributed by atoms with Crippen LogP contribution in [0.2, 0.25) is 0 Å². The molecule has 0 atom stereocenters. The van der Waals surface area contributed by atoms with E-state index in [1.54, 1.807) is 6.92 Å². The Bertz CT molecular complexity index is 336. The summed E-state index contributed by atoms with van der Waals surface area (Å²) in [5, 5.41) is 0. The quantitative estimate of drug-likeness (QED) is 0.826. The molecule has 0 bridgehead atoms. The Balaban J connectivity index is 2.60. The second-order valence-electron chi connectivity index (χ2n) is 3.42.